The largest absolute Gasteiger partial charge is 0.0988 e. The van der Waals surface area contributed by atoms with Gasteiger partial charge in [-0.1, -0.05) is 55.7 Å². The molecule has 0 heteroatoms. The van der Waals surface area contributed by atoms with Crippen LogP contribution in [0.15, 0.2) is 83.6 Å². The SMILES string of the molecule is C=C/C(=C/C)C(=C(C)C)C(/C(C=C)=C\C)=C(\C)C=C. The maximum atomic E-state index is 3.92. The van der Waals surface area contributed by atoms with Gasteiger partial charge in [0, 0.05) is 0 Å². The van der Waals surface area contributed by atoms with Crippen LogP contribution in [0.4, 0.5) is 0 Å². The molecule has 19 heavy (non-hydrogen) atoms. The highest BCUT2D eigenvalue weighted by atomic mass is 14.2. The molecule has 0 aromatic carbocycles. The van der Waals surface area contributed by atoms with Gasteiger partial charge in [0.05, 0.1) is 0 Å². The van der Waals surface area contributed by atoms with Crippen LogP contribution in [-0.2, 0) is 0 Å². The van der Waals surface area contributed by atoms with Crippen molar-refractivity contribution in [3.8, 4) is 0 Å². The van der Waals surface area contributed by atoms with Crippen molar-refractivity contribution in [2.45, 2.75) is 34.6 Å². The Labute approximate surface area is 118 Å². The zero-order valence-electron chi connectivity index (χ0n) is 13.0. The predicted octanol–water partition coefficient (Wildman–Crippen LogP) is 6.09. The zero-order chi connectivity index (χ0) is 15.0. The van der Waals surface area contributed by atoms with E-state index in [9.17, 15) is 0 Å². The third-order valence-corrected chi connectivity index (χ3v) is 3.09. The highest BCUT2D eigenvalue weighted by Gasteiger charge is 2.14. The first kappa shape index (κ1) is 17.2. The lowest BCUT2D eigenvalue weighted by molar-refractivity contribution is 1.23. The molecule has 0 aromatic rings. The van der Waals surface area contributed by atoms with Crippen molar-refractivity contribution >= 4 is 0 Å². The first-order chi connectivity index (χ1) is 8.98. The van der Waals surface area contributed by atoms with E-state index in [0.29, 0.717) is 0 Å². The molecule has 0 radical (unpaired) electrons. The molecule has 0 aromatic heterocycles. The normalized spacial score (nSPS) is 13.5. The van der Waals surface area contributed by atoms with Gasteiger partial charge in [-0.2, -0.15) is 0 Å². The van der Waals surface area contributed by atoms with Crippen molar-refractivity contribution in [2.75, 3.05) is 0 Å². The average molecular weight is 254 g/mol. The molecule has 0 spiro atoms. The van der Waals surface area contributed by atoms with Crippen LogP contribution in [0.5, 0.6) is 0 Å². The van der Waals surface area contributed by atoms with E-state index in [0.717, 1.165) is 16.7 Å². The highest BCUT2D eigenvalue weighted by molar-refractivity contribution is 5.65. The summed E-state index contributed by atoms with van der Waals surface area (Å²) in [4.78, 5) is 0. The highest BCUT2D eigenvalue weighted by Crippen LogP contribution is 2.32. The van der Waals surface area contributed by atoms with E-state index >= 15 is 0 Å². The molecule has 0 aliphatic carbocycles. The summed E-state index contributed by atoms with van der Waals surface area (Å²) in [5.74, 6) is 0. The van der Waals surface area contributed by atoms with Crippen LogP contribution >= 0.6 is 0 Å². The summed E-state index contributed by atoms with van der Waals surface area (Å²) < 4.78 is 0. The van der Waals surface area contributed by atoms with Crippen molar-refractivity contribution in [1.82, 2.24) is 0 Å². The van der Waals surface area contributed by atoms with E-state index in [-0.39, 0.29) is 0 Å². The van der Waals surface area contributed by atoms with E-state index in [1.54, 1.807) is 0 Å². The maximum Gasteiger partial charge on any atom is -0.00806 e. The lowest BCUT2D eigenvalue weighted by Gasteiger charge is -2.19. The van der Waals surface area contributed by atoms with Crippen LogP contribution in [0.3, 0.4) is 0 Å². The number of hydrogen-bond donors (Lipinski definition) is 0. The number of rotatable bonds is 6. The Balaban J connectivity index is 6.46. The molecule has 0 atom stereocenters. The van der Waals surface area contributed by atoms with Crippen LogP contribution in [0.1, 0.15) is 34.6 Å². The molecule has 0 aliphatic heterocycles. The lowest BCUT2D eigenvalue weighted by Crippen LogP contribution is -2.00. The second kappa shape index (κ2) is 8.31. The van der Waals surface area contributed by atoms with Crippen LogP contribution in [0.25, 0.3) is 0 Å². The fourth-order valence-electron chi connectivity index (χ4n) is 2.08. The van der Waals surface area contributed by atoms with Gasteiger partial charge < -0.3 is 0 Å². The van der Waals surface area contributed by atoms with Crippen LogP contribution < -0.4 is 0 Å². The number of allylic oxidation sites excluding steroid dienone is 11. The third kappa shape index (κ3) is 4.10. The molecule has 0 amide bonds. The topological polar surface area (TPSA) is 0 Å². The molecule has 0 fully saturated rings. The first-order valence-corrected chi connectivity index (χ1v) is 6.57. The molecule has 0 aliphatic rings. The molecule has 0 saturated heterocycles. The van der Waals surface area contributed by atoms with Crippen LogP contribution in [-0.4, -0.2) is 0 Å². The Hall–Kier alpha value is -1.82. The van der Waals surface area contributed by atoms with Crippen molar-refractivity contribution in [3.05, 3.63) is 83.6 Å². The zero-order valence-corrected chi connectivity index (χ0v) is 13.0. The fraction of sp³-hybridized carbons (Fsp3) is 0.263. The molecule has 0 nitrogen and oxygen atoms in total. The van der Waals surface area contributed by atoms with Crippen LogP contribution in [0, 0.1) is 0 Å². The molecule has 0 heterocycles. The van der Waals surface area contributed by atoms with Gasteiger partial charge in [0.15, 0.2) is 0 Å². The molecule has 0 unspecified atom stereocenters. The van der Waals surface area contributed by atoms with Crippen molar-refractivity contribution in [1.29, 1.82) is 0 Å². The van der Waals surface area contributed by atoms with E-state index < -0.39 is 0 Å². The van der Waals surface area contributed by atoms with Gasteiger partial charge in [-0.25, -0.2) is 0 Å². The minimum atomic E-state index is 1.12. The second-order valence-electron chi connectivity index (χ2n) is 4.53. The summed E-state index contributed by atoms with van der Waals surface area (Å²) in [6.45, 7) is 22.1. The van der Waals surface area contributed by atoms with E-state index in [1.807, 2.05) is 32.1 Å². The van der Waals surface area contributed by atoms with Gasteiger partial charge in [0.25, 0.3) is 0 Å². The third-order valence-electron chi connectivity index (χ3n) is 3.09. The average Bonchev–Trinajstić information content (AvgIpc) is 2.41. The van der Waals surface area contributed by atoms with Crippen molar-refractivity contribution in [3.63, 3.8) is 0 Å². The summed E-state index contributed by atoms with van der Waals surface area (Å²) in [6, 6.07) is 0. The molecule has 0 rings (SSSR count). The van der Waals surface area contributed by atoms with E-state index in [4.69, 9.17) is 0 Å². The molecule has 0 N–H and O–H groups in total. The smallest absolute Gasteiger partial charge is 0.00806 e. The standard InChI is InChI=1S/C19H26/c1-9-15(8)19(17(12-4)13-5)18(14(6)7)16(10-2)11-3/h9-13H,1-2,4H2,3,5-8H3/b16-11-,17-13-,19-15+. The Kier molecular flexibility index (Phi) is 7.52. The summed E-state index contributed by atoms with van der Waals surface area (Å²) in [6.07, 6.45) is 9.84. The van der Waals surface area contributed by atoms with E-state index in [2.05, 4.69) is 52.7 Å². The molecular weight excluding hydrogens is 228 g/mol. The Bertz CT molecular complexity index is 484. The maximum absolute atomic E-state index is 3.92. The fourth-order valence-corrected chi connectivity index (χ4v) is 2.08. The van der Waals surface area contributed by atoms with Crippen molar-refractivity contribution < 1.29 is 0 Å². The van der Waals surface area contributed by atoms with Crippen LogP contribution in [0.2, 0.25) is 0 Å². The minimum absolute atomic E-state index is 1.12. The molecule has 102 valence electrons. The Morgan fingerprint density at radius 1 is 0.684 bits per heavy atom. The van der Waals surface area contributed by atoms with Gasteiger partial charge in [0.1, 0.15) is 0 Å². The lowest BCUT2D eigenvalue weighted by atomic mass is 9.85. The first-order valence-electron chi connectivity index (χ1n) is 6.57. The summed E-state index contributed by atoms with van der Waals surface area (Å²) >= 11 is 0. The molecular formula is C19H26. The van der Waals surface area contributed by atoms with Crippen molar-refractivity contribution in [2.24, 2.45) is 0 Å². The summed E-state index contributed by atoms with van der Waals surface area (Å²) in [5, 5.41) is 0. The predicted molar refractivity (Wildman–Crippen MR) is 89.2 cm³/mol. The van der Waals surface area contributed by atoms with Gasteiger partial charge in [-0.15, -0.1) is 0 Å². The Morgan fingerprint density at radius 3 is 1.37 bits per heavy atom. The molecule has 0 bridgehead atoms. The van der Waals surface area contributed by atoms with Gasteiger partial charge in [-0.3, -0.25) is 0 Å². The quantitative estimate of drug-likeness (QED) is 0.503. The molecule has 0 saturated carbocycles. The number of hydrogen-bond acceptors (Lipinski definition) is 0. The minimum Gasteiger partial charge on any atom is -0.0988 e. The van der Waals surface area contributed by atoms with E-state index in [1.165, 1.54) is 16.7 Å². The van der Waals surface area contributed by atoms with Gasteiger partial charge in [0.2, 0.25) is 0 Å². The van der Waals surface area contributed by atoms with Gasteiger partial charge >= 0.3 is 0 Å². The summed E-state index contributed by atoms with van der Waals surface area (Å²) in [7, 11) is 0. The summed E-state index contributed by atoms with van der Waals surface area (Å²) in [5.41, 5.74) is 7.05. The second-order valence-corrected chi connectivity index (χ2v) is 4.53. The van der Waals surface area contributed by atoms with Gasteiger partial charge in [-0.05, 0) is 62.5 Å². The monoisotopic (exact) mass is 254 g/mol. The Morgan fingerprint density at radius 2 is 1.11 bits per heavy atom.